The minimum Gasteiger partial charge on any atom is -0.469 e. The van der Waals surface area contributed by atoms with Gasteiger partial charge in [-0.05, 0) is 30.0 Å². The first-order valence-electron chi connectivity index (χ1n) is 5.22. The van der Waals surface area contributed by atoms with E-state index in [0.717, 1.165) is 18.5 Å². The van der Waals surface area contributed by atoms with Crippen LogP contribution in [0.4, 0.5) is 5.69 Å². The molecular formula is C12H15NO2. The van der Waals surface area contributed by atoms with Crippen molar-refractivity contribution >= 4 is 11.7 Å². The highest BCUT2D eigenvalue weighted by molar-refractivity contribution is 5.73. The van der Waals surface area contributed by atoms with Gasteiger partial charge in [-0.1, -0.05) is 12.1 Å². The van der Waals surface area contributed by atoms with Crippen molar-refractivity contribution in [3.05, 3.63) is 29.3 Å². The summed E-state index contributed by atoms with van der Waals surface area (Å²) in [5.41, 5.74) is 3.52. The minimum atomic E-state index is -0.189. The maximum atomic E-state index is 11.1. The van der Waals surface area contributed by atoms with Crippen molar-refractivity contribution in [1.82, 2.24) is 0 Å². The largest absolute Gasteiger partial charge is 0.469 e. The molecule has 3 nitrogen and oxygen atoms in total. The van der Waals surface area contributed by atoms with Crippen LogP contribution in [0.15, 0.2) is 18.2 Å². The summed E-state index contributed by atoms with van der Waals surface area (Å²) in [6.07, 6.45) is 2.66. The molecule has 0 atom stereocenters. The van der Waals surface area contributed by atoms with E-state index in [1.807, 2.05) is 12.1 Å². The fourth-order valence-electron chi connectivity index (χ4n) is 1.86. The zero-order valence-electron chi connectivity index (χ0n) is 8.88. The molecule has 0 unspecified atom stereocenters. The predicted octanol–water partition coefficient (Wildman–Crippen LogP) is 1.76. The van der Waals surface area contributed by atoms with Crippen molar-refractivity contribution in [2.24, 2.45) is 0 Å². The number of benzene rings is 1. The quantitative estimate of drug-likeness (QED) is 0.748. The van der Waals surface area contributed by atoms with E-state index in [1.165, 1.54) is 24.8 Å². The van der Waals surface area contributed by atoms with Gasteiger partial charge in [-0.15, -0.1) is 0 Å². The lowest BCUT2D eigenvalue weighted by atomic mass is 10.0. The molecule has 0 spiro atoms. The summed E-state index contributed by atoms with van der Waals surface area (Å²) in [5.74, 6) is -0.189. The summed E-state index contributed by atoms with van der Waals surface area (Å²) in [5, 5.41) is 3.34. The molecule has 0 aromatic heterocycles. The number of esters is 1. The number of carbonyl (C=O) groups is 1. The zero-order chi connectivity index (χ0) is 10.7. The van der Waals surface area contributed by atoms with Crippen LogP contribution in [0.25, 0.3) is 0 Å². The Bertz CT molecular complexity index is 374. The van der Waals surface area contributed by atoms with Crippen molar-refractivity contribution in [3.63, 3.8) is 0 Å². The normalized spacial score (nSPS) is 13.9. The van der Waals surface area contributed by atoms with Crippen molar-refractivity contribution in [2.75, 3.05) is 19.0 Å². The third-order valence-electron chi connectivity index (χ3n) is 2.69. The number of hydrogen-bond acceptors (Lipinski definition) is 3. The molecule has 0 bridgehead atoms. The topological polar surface area (TPSA) is 38.3 Å². The Hall–Kier alpha value is -1.51. The van der Waals surface area contributed by atoms with Crippen LogP contribution in [-0.2, 0) is 22.4 Å². The first-order valence-corrected chi connectivity index (χ1v) is 5.22. The van der Waals surface area contributed by atoms with Crippen molar-refractivity contribution in [1.29, 1.82) is 0 Å². The van der Waals surface area contributed by atoms with Crippen LogP contribution < -0.4 is 5.32 Å². The molecule has 2 rings (SSSR count). The number of rotatable bonds is 2. The Morgan fingerprint density at radius 2 is 2.40 bits per heavy atom. The maximum absolute atomic E-state index is 11.1. The fraction of sp³-hybridized carbons (Fsp3) is 0.417. The molecule has 0 saturated carbocycles. The highest BCUT2D eigenvalue weighted by Gasteiger charge is 2.10. The fourth-order valence-corrected chi connectivity index (χ4v) is 1.86. The van der Waals surface area contributed by atoms with E-state index in [1.54, 1.807) is 0 Å². The first-order chi connectivity index (χ1) is 7.29. The number of carbonyl (C=O) groups excluding carboxylic acids is 1. The van der Waals surface area contributed by atoms with Gasteiger partial charge in [0, 0.05) is 12.2 Å². The van der Waals surface area contributed by atoms with Gasteiger partial charge in [0.05, 0.1) is 13.5 Å². The Kier molecular flexibility index (Phi) is 2.90. The first kappa shape index (κ1) is 10.0. The van der Waals surface area contributed by atoms with Gasteiger partial charge in [0.15, 0.2) is 0 Å². The van der Waals surface area contributed by atoms with E-state index < -0.39 is 0 Å². The number of methoxy groups -OCH3 is 1. The SMILES string of the molecule is COC(=O)Cc1ccc2c(c1)NCCC2. The minimum absolute atomic E-state index is 0.189. The Morgan fingerprint density at radius 3 is 3.20 bits per heavy atom. The average molecular weight is 205 g/mol. The summed E-state index contributed by atoms with van der Waals surface area (Å²) in [6.45, 7) is 1.02. The van der Waals surface area contributed by atoms with Gasteiger partial charge in [0.2, 0.25) is 0 Å². The molecule has 0 radical (unpaired) electrons. The van der Waals surface area contributed by atoms with E-state index in [0.29, 0.717) is 6.42 Å². The predicted molar refractivity (Wildman–Crippen MR) is 59.0 cm³/mol. The van der Waals surface area contributed by atoms with Crippen LogP contribution in [0.3, 0.4) is 0 Å². The van der Waals surface area contributed by atoms with E-state index in [-0.39, 0.29) is 5.97 Å². The molecule has 0 fully saturated rings. The number of ether oxygens (including phenoxy) is 1. The molecule has 0 saturated heterocycles. The molecule has 1 aromatic carbocycles. The molecular weight excluding hydrogens is 190 g/mol. The van der Waals surface area contributed by atoms with Gasteiger partial charge in [-0.25, -0.2) is 0 Å². The summed E-state index contributed by atoms with van der Waals surface area (Å²) in [7, 11) is 1.42. The second-order valence-electron chi connectivity index (χ2n) is 3.77. The van der Waals surface area contributed by atoms with Gasteiger partial charge >= 0.3 is 5.97 Å². The van der Waals surface area contributed by atoms with Crippen molar-refractivity contribution in [3.8, 4) is 0 Å². The van der Waals surface area contributed by atoms with Crippen molar-refractivity contribution < 1.29 is 9.53 Å². The lowest BCUT2D eigenvalue weighted by molar-refractivity contribution is -0.139. The molecule has 15 heavy (non-hydrogen) atoms. The smallest absolute Gasteiger partial charge is 0.309 e. The number of anilines is 1. The molecule has 1 aliphatic heterocycles. The van der Waals surface area contributed by atoms with Crippen LogP contribution in [0, 0.1) is 0 Å². The van der Waals surface area contributed by atoms with Crippen LogP contribution >= 0.6 is 0 Å². The third kappa shape index (κ3) is 2.29. The van der Waals surface area contributed by atoms with Gasteiger partial charge in [0.1, 0.15) is 0 Å². The Balaban J connectivity index is 2.17. The van der Waals surface area contributed by atoms with Crippen LogP contribution in [0.1, 0.15) is 17.5 Å². The zero-order valence-corrected chi connectivity index (χ0v) is 8.88. The molecule has 0 amide bonds. The highest BCUT2D eigenvalue weighted by Crippen LogP contribution is 2.23. The lowest BCUT2D eigenvalue weighted by Gasteiger charge is -2.18. The average Bonchev–Trinajstić information content (AvgIpc) is 2.29. The highest BCUT2D eigenvalue weighted by atomic mass is 16.5. The van der Waals surface area contributed by atoms with Gasteiger partial charge in [-0.3, -0.25) is 4.79 Å². The van der Waals surface area contributed by atoms with E-state index >= 15 is 0 Å². The van der Waals surface area contributed by atoms with E-state index in [2.05, 4.69) is 16.1 Å². The molecule has 1 heterocycles. The number of aryl methyl sites for hydroxylation is 1. The van der Waals surface area contributed by atoms with Gasteiger partial charge < -0.3 is 10.1 Å². The molecule has 1 N–H and O–H groups in total. The van der Waals surface area contributed by atoms with E-state index in [4.69, 9.17) is 0 Å². The Morgan fingerprint density at radius 1 is 1.53 bits per heavy atom. The monoisotopic (exact) mass is 205 g/mol. The second kappa shape index (κ2) is 4.34. The molecule has 3 heteroatoms. The molecule has 1 aromatic rings. The molecule has 1 aliphatic rings. The number of hydrogen-bond donors (Lipinski definition) is 1. The van der Waals surface area contributed by atoms with Gasteiger partial charge in [-0.2, -0.15) is 0 Å². The van der Waals surface area contributed by atoms with Crippen LogP contribution in [0.2, 0.25) is 0 Å². The van der Waals surface area contributed by atoms with Crippen LogP contribution in [-0.4, -0.2) is 19.6 Å². The van der Waals surface area contributed by atoms with Crippen molar-refractivity contribution in [2.45, 2.75) is 19.3 Å². The number of nitrogens with one attached hydrogen (secondary N) is 1. The second-order valence-corrected chi connectivity index (χ2v) is 3.77. The van der Waals surface area contributed by atoms with Gasteiger partial charge in [0.25, 0.3) is 0 Å². The summed E-state index contributed by atoms with van der Waals surface area (Å²) < 4.78 is 4.64. The number of fused-ring (bicyclic) bond motifs is 1. The van der Waals surface area contributed by atoms with E-state index in [9.17, 15) is 4.79 Å². The summed E-state index contributed by atoms with van der Waals surface area (Å²) in [4.78, 5) is 11.1. The van der Waals surface area contributed by atoms with Crippen LogP contribution in [0.5, 0.6) is 0 Å². The molecule has 80 valence electrons. The maximum Gasteiger partial charge on any atom is 0.309 e. The Labute approximate surface area is 89.4 Å². The third-order valence-corrected chi connectivity index (χ3v) is 2.69. The lowest BCUT2D eigenvalue weighted by Crippen LogP contribution is -2.12. The summed E-state index contributed by atoms with van der Waals surface area (Å²) >= 11 is 0. The standard InChI is InChI=1S/C12H15NO2/c1-15-12(14)8-9-4-5-10-3-2-6-13-11(10)7-9/h4-5,7,13H,2-3,6,8H2,1H3. The summed E-state index contributed by atoms with van der Waals surface area (Å²) in [6, 6.07) is 6.15. The molecule has 0 aliphatic carbocycles.